The van der Waals surface area contributed by atoms with Crippen molar-refractivity contribution in [1.29, 1.82) is 0 Å². The highest BCUT2D eigenvalue weighted by Crippen LogP contribution is 2.42. The summed E-state index contributed by atoms with van der Waals surface area (Å²) in [5.74, 6) is -1.25. The summed E-state index contributed by atoms with van der Waals surface area (Å²) in [6, 6.07) is 13.0. The van der Waals surface area contributed by atoms with Gasteiger partial charge in [0.15, 0.2) is 0 Å². The van der Waals surface area contributed by atoms with Crippen molar-refractivity contribution < 1.29 is 27.9 Å². The van der Waals surface area contributed by atoms with Gasteiger partial charge in [-0.1, -0.05) is 29.8 Å². The number of nitrogens with zero attached hydrogens (tertiary/aromatic N) is 1. The number of hydrogen-bond donors (Lipinski definition) is 2. The van der Waals surface area contributed by atoms with Gasteiger partial charge in [0.2, 0.25) is 0 Å². The Bertz CT molecular complexity index is 1470. The quantitative estimate of drug-likeness (QED) is 0.355. The Morgan fingerprint density at radius 3 is 2.39 bits per heavy atom. The van der Waals surface area contributed by atoms with Crippen molar-refractivity contribution in [3.8, 4) is 16.9 Å². The Morgan fingerprint density at radius 1 is 0.939 bits per heavy atom. The molecule has 0 saturated carbocycles. The molecule has 0 bridgehead atoms. The molecule has 0 radical (unpaired) electrons. The molecule has 2 N–H and O–H groups in total. The minimum Gasteiger partial charge on any atom is -0.508 e. The number of halogens is 4. The second-order valence-electron chi connectivity index (χ2n) is 7.90. The van der Waals surface area contributed by atoms with Gasteiger partial charge in [0.25, 0.3) is 11.8 Å². The molecule has 3 aromatic carbocycles. The zero-order chi connectivity index (χ0) is 23.5. The van der Waals surface area contributed by atoms with E-state index in [-0.39, 0.29) is 29.8 Å². The predicted octanol–water partition coefficient (Wildman–Crippen LogP) is 6.05. The molecule has 33 heavy (non-hydrogen) atoms. The Hall–Kier alpha value is -3.52. The lowest BCUT2D eigenvalue weighted by Crippen LogP contribution is -2.20. The fourth-order valence-corrected chi connectivity index (χ4v) is 4.74. The molecule has 5 rings (SSSR count). The monoisotopic (exact) mass is 472 g/mol. The van der Waals surface area contributed by atoms with Gasteiger partial charge in [0.1, 0.15) is 5.75 Å². The van der Waals surface area contributed by atoms with Crippen LogP contribution < -0.4 is 5.32 Å². The molecule has 0 fully saturated rings. The number of phenolic OH excluding ortho intramolecular Hbond substituents is 1. The van der Waals surface area contributed by atoms with Gasteiger partial charge in [-0.2, -0.15) is 13.2 Å². The van der Waals surface area contributed by atoms with Crippen LogP contribution in [0.5, 0.6) is 5.75 Å². The van der Waals surface area contributed by atoms with Crippen molar-refractivity contribution in [3.05, 3.63) is 64.7 Å². The summed E-state index contributed by atoms with van der Waals surface area (Å²) in [6.07, 6.45) is -5.44. The largest absolute Gasteiger partial charge is 0.508 e. The Morgan fingerprint density at radius 2 is 1.67 bits per heavy atom. The first kappa shape index (κ1) is 21.3. The number of nitrogens with one attached hydrogen (secondary N) is 1. The van der Waals surface area contributed by atoms with Gasteiger partial charge in [-0.15, -0.1) is 0 Å². The van der Waals surface area contributed by atoms with Gasteiger partial charge in [0.05, 0.1) is 16.6 Å². The summed E-state index contributed by atoms with van der Waals surface area (Å²) in [6.45, 7) is 0.0284. The van der Waals surface area contributed by atoms with Crippen LogP contribution >= 0.6 is 11.6 Å². The highest BCUT2D eigenvalue weighted by Gasteiger charge is 2.35. The molecule has 5 nitrogen and oxygen atoms in total. The van der Waals surface area contributed by atoms with Crippen LogP contribution in [0.2, 0.25) is 5.02 Å². The molecule has 1 aromatic heterocycles. The molecule has 0 saturated heterocycles. The average Bonchev–Trinajstić information content (AvgIpc) is 3.20. The van der Waals surface area contributed by atoms with E-state index in [9.17, 15) is 27.9 Å². The maximum atomic E-state index is 12.9. The number of alkyl halides is 3. The number of fused-ring (bicyclic) bond motifs is 5. The van der Waals surface area contributed by atoms with Crippen molar-refractivity contribution in [2.24, 2.45) is 0 Å². The van der Waals surface area contributed by atoms with Gasteiger partial charge >= 0.3 is 6.18 Å². The number of aromatic nitrogens is 1. The van der Waals surface area contributed by atoms with E-state index in [2.05, 4.69) is 5.32 Å². The third-order valence-electron chi connectivity index (χ3n) is 5.82. The van der Waals surface area contributed by atoms with Crippen molar-refractivity contribution in [3.63, 3.8) is 0 Å². The number of benzene rings is 3. The molecule has 4 aromatic rings. The normalized spacial score (nSPS) is 13.7. The van der Waals surface area contributed by atoms with E-state index in [1.807, 2.05) is 0 Å². The third kappa shape index (κ3) is 3.51. The smallest absolute Gasteiger partial charge is 0.389 e. The molecular weight excluding hydrogens is 457 g/mol. The number of amides is 2. The van der Waals surface area contributed by atoms with Crippen LogP contribution in [-0.2, 0) is 6.54 Å². The zero-order valence-corrected chi connectivity index (χ0v) is 17.7. The van der Waals surface area contributed by atoms with Crippen molar-refractivity contribution in [2.45, 2.75) is 25.6 Å². The van der Waals surface area contributed by atoms with Gasteiger partial charge in [-0.3, -0.25) is 14.9 Å². The Balaban J connectivity index is 1.86. The van der Waals surface area contributed by atoms with Crippen LogP contribution in [0.25, 0.3) is 32.9 Å². The summed E-state index contributed by atoms with van der Waals surface area (Å²) in [5.41, 5.74) is 2.25. The van der Waals surface area contributed by atoms with Crippen LogP contribution in [0.4, 0.5) is 13.2 Å². The lowest BCUT2D eigenvalue weighted by Gasteiger charge is -2.13. The summed E-state index contributed by atoms with van der Waals surface area (Å²) >= 11 is 6.39. The van der Waals surface area contributed by atoms with Gasteiger partial charge in [-0.05, 0) is 42.3 Å². The molecule has 168 valence electrons. The minimum absolute atomic E-state index is 0.0284. The third-order valence-corrected chi connectivity index (χ3v) is 6.15. The van der Waals surface area contributed by atoms with Gasteiger partial charge in [0, 0.05) is 39.8 Å². The number of phenols is 1. The van der Waals surface area contributed by atoms with E-state index >= 15 is 0 Å². The van der Waals surface area contributed by atoms with Crippen LogP contribution in [0.1, 0.15) is 33.6 Å². The maximum absolute atomic E-state index is 12.9. The number of hydrogen-bond acceptors (Lipinski definition) is 3. The number of aromatic hydroxyl groups is 1. The Labute approximate surface area is 190 Å². The van der Waals surface area contributed by atoms with Crippen molar-refractivity contribution >= 4 is 45.2 Å². The number of aryl methyl sites for hydroxylation is 1. The molecule has 1 aliphatic rings. The average molecular weight is 473 g/mol. The SMILES string of the molecule is O=C1NC(=O)c2c1c(-c1ccccc1Cl)cc1c2c2cc(O)ccc2n1CCCC(F)(F)F. The molecule has 2 heterocycles. The highest BCUT2D eigenvalue weighted by atomic mass is 35.5. The first-order valence-corrected chi connectivity index (χ1v) is 10.5. The number of rotatable bonds is 4. The summed E-state index contributed by atoms with van der Waals surface area (Å²) in [7, 11) is 0. The first-order chi connectivity index (χ1) is 15.7. The molecule has 0 spiro atoms. The topological polar surface area (TPSA) is 71.3 Å². The number of imide groups is 1. The van der Waals surface area contributed by atoms with Gasteiger partial charge < -0.3 is 9.67 Å². The van der Waals surface area contributed by atoms with E-state index in [0.717, 1.165) is 0 Å². The fourth-order valence-electron chi connectivity index (χ4n) is 4.51. The standard InChI is InChI=1S/C24H16ClF3N2O3/c25-16-5-2-1-4-13(16)14-11-18-19(21-20(14)22(32)29-23(21)33)15-10-12(31)6-7-17(15)30(18)9-3-8-24(26,27)28/h1-2,4-7,10-11,31H,3,8-9H2,(H,29,32,33). The Kier molecular flexibility index (Phi) is 4.86. The second-order valence-corrected chi connectivity index (χ2v) is 8.31. The highest BCUT2D eigenvalue weighted by molar-refractivity contribution is 6.36. The lowest BCUT2D eigenvalue weighted by molar-refractivity contribution is -0.135. The molecule has 9 heteroatoms. The first-order valence-electron chi connectivity index (χ1n) is 10.1. The van der Waals surface area contributed by atoms with Crippen molar-refractivity contribution in [2.75, 3.05) is 0 Å². The van der Waals surface area contributed by atoms with Crippen LogP contribution in [-0.4, -0.2) is 27.7 Å². The van der Waals surface area contributed by atoms with Crippen molar-refractivity contribution in [1.82, 2.24) is 9.88 Å². The van der Waals surface area contributed by atoms with E-state index in [1.165, 1.54) is 12.1 Å². The summed E-state index contributed by atoms with van der Waals surface area (Å²) in [5, 5.41) is 13.6. The molecule has 0 aliphatic carbocycles. The predicted molar refractivity (Wildman–Crippen MR) is 119 cm³/mol. The lowest BCUT2D eigenvalue weighted by atomic mass is 9.93. The molecule has 0 atom stereocenters. The van der Waals surface area contributed by atoms with E-state index in [1.54, 1.807) is 41.0 Å². The minimum atomic E-state index is -4.30. The molecule has 0 unspecified atom stereocenters. The molecule has 1 aliphatic heterocycles. The number of carbonyl (C=O) groups excluding carboxylic acids is 2. The fraction of sp³-hybridized carbons (Fsp3) is 0.167. The van der Waals surface area contributed by atoms with E-state index in [0.29, 0.717) is 38.0 Å². The van der Waals surface area contributed by atoms with Crippen LogP contribution in [0.3, 0.4) is 0 Å². The van der Waals surface area contributed by atoms with E-state index in [4.69, 9.17) is 11.6 Å². The summed E-state index contributed by atoms with van der Waals surface area (Å²) < 4.78 is 40.2. The summed E-state index contributed by atoms with van der Waals surface area (Å²) in [4.78, 5) is 25.6. The van der Waals surface area contributed by atoms with Crippen LogP contribution in [0, 0.1) is 0 Å². The molecular formula is C24H16ClF3N2O3. The van der Waals surface area contributed by atoms with Crippen LogP contribution in [0.15, 0.2) is 48.5 Å². The zero-order valence-electron chi connectivity index (χ0n) is 17.0. The molecule has 2 amide bonds. The second kappa shape index (κ2) is 7.52. The number of carbonyl (C=O) groups is 2. The van der Waals surface area contributed by atoms with Gasteiger partial charge in [-0.25, -0.2) is 0 Å². The van der Waals surface area contributed by atoms with E-state index < -0.39 is 24.4 Å². The maximum Gasteiger partial charge on any atom is 0.389 e.